The minimum absolute atomic E-state index is 0.0723. The van der Waals surface area contributed by atoms with Crippen molar-refractivity contribution in [1.29, 1.82) is 0 Å². The second kappa shape index (κ2) is 4.18. The molecule has 3 heteroatoms. The normalized spacial score (nSPS) is 19.8. The SMILES string of the molecule is CC1(C)CCSC(c2cccc(Cl)c2)=N1. The quantitative estimate of drug-likeness (QED) is 0.722. The zero-order valence-electron chi connectivity index (χ0n) is 8.96. The first-order chi connectivity index (χ1) is 7.07. The van der Waals surface area contributed by atoms with Gasteiger partial charge >= 0.3 is 0 Å². The maximum atomic E-state index is 5.97. The fourth-order valence-electron chi connectivity index (χ4n) is 1.53. The predicted molar refractivity (Wildman–Crippen MR) is 69.1 cm³/mol. The van der Waals surface area contributed by atoms with Gasteiger partial charge in [0.05, 0.1) is 10.6 Å². The van der Waals surface area contributed by atoms with Crippen LogP contribution in [-0.2, 0) is 0 Å². The topological polar surface area (TPSA) is 12.4 Å². The molecule has 0 saturated carbocycles. The molecule has 1 aromatic rings. The number of thioether (sulfide) groups is 1. The molecule has 1 aliphatic heterocycles. The number of rotatable bonds is 1. The Balaban J connectivity index is 2.35. The van der Waals surface area contributed by atoms with Crippen LogP contribution in [0, 0.1) is 0 Å². The van der Waals surface area contributed by atoms with E-state index < -0.39 is 0 Å². The van der Waals surface area contributed by atoms with Crippen LogP contribution in [-0.4, -0.2) is 16.3 Å². The lowest BCUT2D eigenvalue weighted by Gasteiger charge is -2.26. The van der Waals surface area contributed by atoms with E-state index in [2.05, 4.69) is 19.9 Å². The van der Waals surface area contributed by atoms with Crippen LogP contribution in [0.1, 0.15) is 25.8 Å². The van der Waals surface area contributed by atoms with Gasteiger partial charge in [0.1, 0.15) is 0 Å². The Morgan fingerprint density at radius 1 is 1.40 bits per heavy atom. The van der Waals surface area contributed by atoms with Crippen LogP contribution in [0.15, 0.2) is 29.3 Å². The van der Waals surface area contributed by atoms with E-state index in [1.807, 2.05) is 30.0 Å². The van der Waals surface area contributed by atoms with E-state index >= 15 is 0 Å². The van der Waals surface area contributed by atoms with Crippen molar-refractivity contribution in [3.05, 3.63) is 34.9 Å². The molecule has 1 nitrogen and oxygen atoms in total. The fourth-order valence-corrected chi connectivity index (χ4v) is 3.12. The van der Waals surface area contributed by atoms with Crippen LogP contribution in [0.25, 0.3) is 0 Å². The summed E-state index contributed by atoms with van der Waals surface area (Å²) in [4.78, 5) is 4.75. The molecule has 0 bridgehead atoms. The lowest BCUT2D eigenvalue weighted by molar-refractivity contribution is 0.508. The Bertz CT molecular complexity index is 398. The van der Waals surface area contributed by atoms with Crippen LogP contribution in [0.4, 0.5) is 0 Å². The lowest BCUT2D eigenvalue weighted by Crippen LogP contribution is -2.24. The van der Waals surface area contributed by atoms with Gasteiger partial charge in [0.2, 0.25) is 0 Å². The van der Waals surface area contributed by atoms with E-state index in [0.717, 1.165) is 27.8 Å². The van der Waals surface area contributed by atoms with Gasteiger partial charge in [-0.2, -0.15) is 0 Å². The highest BCUT2D eigenvalue weighted by Gasteiger charge is 2.22. The summed E-state index contributed by atoms with van der Waals surface area (Å²) in [5.41, 5.74) is 1.21. The van der Waals surface area contributed by atoms with Gasteiger partial charge in [-0.1, -0.05) is 23.7 Å². The molecule has 0 radical (unpaired) electrons. The summed E-state index contributed by atoms with van der Waals surface area (Å²) in [7, 11) is 0. The second-order valence-corrected chi connectivity index (χ2v) is 5.86. The molecule has 0 aromatic heterocycles. The summed E-state index contributed by atoms with van der Waals surface area (Å²) >= 11 is 7.79. The number of halogens is 1. The van der Waals surface area contributed by atoms with Crippen LogP contribution < -0.4 is 0 Å². The van der Waals surface area contributed by atoms with Gasteiger partial charge in [-0.3, -0.25) is 4.99 Å². The highest BCUT2D eigenvalue weighted by atomic mass is 35.5. The summed E-state index contributed by atoms with van der Waals surface area (Å²) in [6.45, 7) is 4.36. The van der Waals surface area contributed by atoms with Crippen molar-refractivity contribution >= 4 is 28.4 Å². The van der Waals surface area contributed by atoms with Crippen LogP contribution in [0.5, 0.6) is 0 Å². The molecule has 1 aliphatic rings. The first kappa shape index (κ1) is 11.0. The number of nitrogens with zero attached hydrogens (tertiary/aromatic N) is 1. The van der Waals surface area contributed by atoms with Gasteiger partial charge in [0, 0.05) is 16.3 Å². The maximum Gasteiger partial charge on any atom is 0.0983 e. The molecule has 0 amide bonds. The number of aliphatic imine (C=N–C) groups is 1. The third-order valence-electron chi connectivity index (χ3n) is 2.43. The fraction of sp³-hybridized carbons (Fsp3) is 0.417. The monoisotopic (exact) mass is 239 g/mol. The molecular formula is C12H14ClNS. The summed E-state index contributed by atoms with van der Waals surface area (Å²) in [6.07, 6.45) is 1.14. The van der Waals surface area contributed by atoms with E-state index in [-0.39, 0.29) is 5.54 Å². The molecule has 1 heterocycles. The zero-order valence-corrected chi connectivity index (χ0v) is 10.5. The number of benzene rings is 1. The highest BCUT2D eigenvalue weighted by Crippen LogP contribution is 2.29. The summed E-state index contributed by atoms with van der Waals surface area (Å²) in [5.74, 6) is 1.14. The van der Waals surface area contributed by atoms with Crippen molar-refractivity contribution in [2.24, 2.45) is 4.99 Å². The molecule has 80 valence electrons. The Kier molecular flexibility index (Phi) is 3.08. The van der Waals surface area contributed by atoms with Gasteiger partial charge in [0.15, 0.2) is 0 Å². The van der Waals surface area contributed by atoms with Crippen molar-refractivity contribution in [2.45, 2.75) is 25.8 Å². The summed E-state index contributed by atoms with van der Waals surface area (Å²) in [6, 6.07) is 7.92. The Morgan fingerprint density at radius 2 is 2.20 bits per heavy atom. The lowest BCUT2D eigenvalue weighted by atomic mass is 10.0. The van der Waals surface area contributed by atoms with Gasteiger partial charge in [-0.25, -0.2) is 0 Å². The van der Waals surface area contributed by atoms with Crippen molar-refractivity contribution in [2.75, 3.05) is 5.75 Å². The van der Waals surface area contributed by atoms with Crippen LogP contribution >= 0.6 is 23.4 Å². The van der Waals surface area contributed by atoms with E-state index in [4.69, 9.17) is 16.6 Å². The smallest absolute Gasteiger partial charge is 0.0983 e. The van der Waals surface area contributed by atoms with E-state index in [9.17, 15) is 0 Å². The predicted octanol–water partition coefficient (Wildman–Crippen LogP) is 4.00. The van der Waals surface area contributed by atoms with E-state index in [0.29, 0.717) is 0 Å². The molecule has 0 spiro atoms. The molecule has 0 atom stereocenters. The third kappa shape index (κ3) is 2.76. The maximum absolute atomic E-state index is 5.97. The summed E-state index contributed by atoms with van der Waals surface area (Å²) in [5, 5.41) is 1.90. The molecule has 1 aromatic carbocycles. The molecule has 0 N–H and O–H groups in total. The Hall–Kier alpha value is -0.470. The van der Waals surface area contributed by atoms with E-state index in [1.54, 1.807) is 0 Å². The zero-order chi connectivity index (χ0) is 10.9. The molecule has 15 heavy (non-hydrogen) atoms. The van der Waals surface area contributed by atoms with Crippen molar-refractivity contribution in [3.63, 3.8) is 0 Å². The van der Waals surface area contributed by atoms with Crippen molar-refractivity contribution < 1.29 is 0 Å². The average Bonchev–Trinajstić information content (AvgIpc) is 2.16. The first-order valence-corrected chi connectivity index (χ1v) is 6.42. The second-order valence-electron chi connectivity index (χ2n) is 4.34. The van der Waals surface area contributed by atoms with Gasteiger partial charge in [-0.05, 0) is 32.4 Å². The molecule has 0 aliphatic carbocycles. The molecule has 0 unspecified atom stereocenters. The van der Waals surface area contributed by atoms with Crippen LogP contribution in [0.2, 0.25) is 5.02 Å². The largest absolute Gasteiger partial charge is 0.272 e. The number of hydrogen-bond acceptors (Lipinski definition) is 2. The Morgan fingerprint density at radius 3 is 2.87 bits per heavy atom. The molecule has 0 saturated heterocycles. The van der Waals surface area contributed by atoms with Crippen molar-refractivity contribution in [3.8, 4) is 0 Å². The van der Waals surface area contributed by atoms with Gasteiger partial charge < -0.3 is 0 Å². The number of hydrogen-bond donors (Lipinski definition) is 0. The van der Waals surface area contributed by atoms with Crippen LogP contribution in [0.3, 0.4) is 0 Å². The standard InChI is InChI=1S/C12H14ClNS/c1-12(2)6-7-15-11(14-12)9-4-3-5-10(13)8-9/h3-5,8H,6-7H2,1-2H3. The molecule has 2 rings (SSSR count). The first-order valence-electron chi connectivity index (χ1n) is 5.05. The summed E-state index contributed by atoms with van der Waals surface area (Å²) < 4.78 is 0. The highest BCUT2D eigenvalue weighted by molar-refractivity contribution is 8.14. The molecule has 0 fully saturated rings. The van der Waals surface area contributed by atoms with Crippen molar-refractivity contribution in [1.82, 2.24) is 0 Å². The minimum atomic E-state index is 0.0723. The van der Waals surface area contributed by atoms with Gasteiger partial charge in [0.25, 0.3) is 0 Å². The minimum Gasteiger partial charge on any atom is -0.272 e. The third-order valence-corrected chi connectivity index (χ3v) is 3.67. The molecular weight excluding hydrogens is 226 g/mol. The van der Waals surface area contributed by atoms with E-state index in [1.165, 1.54) is 0 Å². The Labute approximate surface area is 99.9 Å². The van der Waals surface area contributed by atoms with Gasteiger partial charge in [-0.15, -0.1) is 11.8 Å². The average molecular weight is 240 g/mol.